The molecule has 0 saturated carbocycles. The molecule has 128 valence electrons. The summed E-state index contributed by atoms with van der Waals surface area (Å²) in [6.07, 6.45) is 0. The standard InChI is InChI=1S/C18H22N2O3S/c21-18(14-23-15-5-2-1-3-6-15)19-13-16(17-7-4-12-24-17)20-8-10-22-11-9-20/h1-7,12,16H,8-11,13-14H2,(H,19,21)/t16-/m0/s1. The SMILES string of the molecule is O=C(COc1ccccc1)NC[C@@H](c1cccs1)N1CCOCC1. The summed E-state index contributed by atoms with van der Waals surface area (Å²) >= 11 is 1.72. The van der Waals surface area contributed by atoms with E-state index < -0.39 is 0 Å². The Balaban J connectivity index is 1.52. The third kappa shape index (κ3) is 4.80. The molecule has 1 N–H and O–H groups in total. The summed E-state index contributed by atoms with van der Waals surface area (Å²) < 4.78 is 10.9. The van der Waals surface area contributed by atoms with Gasteiger partial charge in [-0.2, -0.15) is 0 Å². The zero-order valence-corrected chi connectivity index (χ0v) is 14.3. The van der Waals surface area contributed by atoms with Crippen molar-refractivity contribution in [3.8, 4) is 5.75 Å². The van der Waals surface area contributed by atoms with Crippen LogP contribution in [0, 0.1) is 0 Å². The molecular weight excluding hydrogens is 324 g/mol. The third-order valence-electron chi connectivity index (χ3n) is 3.96. The smallest absolute Gasteiger partial charge is 0.258 e. The second-order valence-electron chi connectivity index (χ2n) is 5.59. The summed E-state index contributed by atoms with van der Waals surface area (Å²) in [7, 11) is 0. The topological polar surface area (TPSA) is 50.8 Å². The lowest BCUT2D eigenvalue weighted by Gasteiger charge is -2.34. The predicted molar refractivity (Wildman–Crippen MR) is 94.4 cm³/mol. The van der Waals surface area contributed by atoms with Gasteiger partial charge < -0.3 is 14.8 Å². The number of nitrogens with one attached hydrogen (secondary N) is 1. The molecule has 1 saturated heterocycles. The Bertz CT molecular complexity index is 612. The molecule has 1 aromatic heterocycles. The molecule has 24 heavy (non-hydrogen) atoms. The number of hydrogen-bond donors (Lipinski definition) is 1. The van der Waals surface area contributed by atoms with Gasteiger partial charge in [-0.05, 0) is 23.6 Å². The van der Waals surface area contributed by atoms with Gasteiger partial charge >= 0.3 is 0 Å². The van der Waals surface area contributed by atoms with Crippen LogP contribution in [-0.4, -0.2) is 50.3 Å². The van der Waals surface area contributed by atoms with Crippen LogP contribution < -0.4 is 10.1 Å². The quantitative estimate of drug-likeness (QED) is 0.836. The van der Waals surface area contributed by atoms with E-state index in [1.165, 1.54) is 4.88 Å². The number of morpholine rings is 1. The Labute approximate surface area is 146 Å². The summed E-state index contributed by atoms with van der Waals surface area (Å²) in [4.78, 5) is 15.7. The Kier molecular flexibility index (Phi) is 6.23. The van der Waals surface area contributed by atoms with Crippen molar-refractivity contribution in [3.05, 3.63) is 52.7 Å². The second-order valence-corrected chi connectivity index (χ2v) is 6.56. The van der Waals surface area contributed by atoms with Crippen LogP contribution >= 0.6 is 11.3 Å². The van der Waals surface area contributed by atoms with Crippen LogP contribution in [0.3, 0.4) is 0 Å². The molecule has 2 heterocycles. The first-order chi connectivity index (χ1) is 11.8. The van der Waals surface area contributed by atoms with Crippen LogP contribution in [-0.2, 0) is 9.53 Å². The van der Waals surface area contributed by atoms with Gasteiger partial charge in [-0.1, -0.05) is 24.3 Å². The number of thiophene rings is 1. The van der Waals surface area contributed by atoms with Crippen molar-refractivity contribution in [2.75, 3.05) is 39.5 Å². The van der Waals surface area contributed by atoms with Crippen LogP contribution in [0.5, 0.6) is 5.75 Å². The van der Waals surface area contributed by atoms with Crippen molar-refractivity contribution in [3.63, 3.8) is 0 Å². The van der Waals surface area contributed by atoms with E-state index in [0.29, 0.717) is 12.3 Å². The molecule has 2 aromatic rings. The third-order valence-corrected chi connectivity index (χ3v) is 4.94. The van der Waals surface area contributed by atoms with Crippen LogP contribution in [0.15, 0.2) is 47.8 Å². The van der Waals surface area contributed by atoms with Gasteiger partial charge in [-0.15, -0.1) is 11.3 Å². The van der Waals surface area contributed by atoms with E-state index in [-0.39, 0.29) is 18.6 Å². The van der Waals surface area contributed by atoms with Gasteiger partial charge in [0, 0.05) is 24.5 Å². The number of rotatable bonds is 7. The molecule has 0 spiro atoms. The van der Waals surface area contributed by atoms with E-state index in [1.807, 2.05) is 36.4 Å². The summed E-state index contributed by atoms with van der Waals surface area (Å²) in [5.74, 6) is 0.601. The average Bonchev–Trinajstić information content (AvgIpc) is 3.16. The molecule has 1 aliphatic heterocycles. The number of carbonyl (C=O) groups excluding carboxylic acids is 1. The first-order valence-corrected chi connectivity index (χ1v) is 9.00. The summed E-state index contributed by atoms with van der Waals surface area (Å²) in [5, 5.41) is 5.07. The molecule has 1 fully saturated rings. The van der Waals surface area contributed by atoms with Crippen LogP contribution in [0.2, 0.25) is 0 Å². The Morgan fingerprint density at radius 1 is 1.21 bits per heavy atom. The largest absolute Gasteiger partial charge is 0.484 e. The highest BCUT2D eigenvalue weighted by atomic mass is 32.1. The van der Waals surface area contributed by atoms with Crippen molar-refractivity contribution >= 4 is 17.2 Å². The maximum atomic E-state index is 12.1. The number of para-hydroxylation sites is 1. The normalized spacial score (nSPS) is 16.5. The molecule has 0 unspecified atom stereocenters. The Morgan fingerprint density at radius 3 is 2.71 bits per heavy atom. The number of carbonyl (C=O) groups is 1. The lowest BCUT2D eigenvalue weighted by molar-refractivity contribution is -0.123. The molecule has 5 nitrogen and oxygen atoms in total. The van der Waals surface area contributed by atoms with E-state index in [4.69, 9.17) is 9.47 Å². The Hall–Kier alpha value is -1.89. The van der Waals surface area contributed by atoms with Crippen molar-refractivity contribution in [1.29, 1.82) is 0 Å². The van der Waals surface area contributed by atoms with E-state index >= 15 is 0 Å². The van der Waals surface area contributed by atoms with Gasteiger partial charge in [0.25, 0.3) is 5.91 Å². The second kappa shape index (κ2) is 8.82. The number of amides is 1. The maximum Gasteiger partial charge on any atom is 0.258 e. The molecule has 1 atom stereocenters. The predicted octanol–water partition coefficient (Wildman–Crippen LogP) is 2.32. The van der Waals surface area contributed by atoms with Crippen molar-refractivity contribution in [1.82, 2.24) is 10.2 Å². The highest BCUT2D eigenvalue weighted by molar-refractivity contribution is 7.10. The van der Waals surface area contributed by atoms with E-state index in [0.717, 1.165) is 26.3 Å². The minimum Gasteiger partial charge on any atom is -0.484 e. The van der Waals surface area contributed by atoms with Crippen molar-refractivity contribution in [2.45, 2.75) is 6.04 Å². The molecule has 3 rings (SSSR count). The lowest BCUT2D eigenvalue weighted by atomic mass is 10.2. The molecule has 0 bridgehead atoms. The van der Waals surface area contributed by atoms with Gasteiger partial charge in [0.05, 0.1) is 19.3 Å². The molecule has 1 aliphatic rings. The molecule has 1 aromatic carbocycles. The fourth-order valence-corrected chi connectivity index (χ4v) is 3.57. The highest BCUT2D eigenvalue weighted by Gasteiger charge is 2.23. The first-order valence-electron chi connectivity index (χ1n) is 8.12. The Morgan fingerprint density at radius 2 is 2.00 bits per heavy atom. The lowest BCUT2D eigenvalue weighted by Crippen LogP contribution is -2.44. The highest BCUT2D eigenvalue weighted by Crippen LogP contribution is 2.25. The molecule has 1 amide bonds. The van der Waals surface area contributed by atoms with Gasteiger partial charge in [0.1, 0.15) is 5.75 Å². The number of ether oxygens (including phenoxy) is 2. The maximum absolute atomic E-state index is 12.1. The van der Waals surface area contributed by atoms with Crippen molar-refractivity contribution in [2.24, 2.45) is 0 Å². The van der Waals surface area contributed by atoms with Crippen molar-refractivity contribution < 1.29 is 14.3 Å². The van der Waals surface area contributed by atoms with Gasteiger partial charge in [0.2, 0.25) is 0 Å². The number of hydrogen-bond acceptors (Lipinski definition) is 5. The summed E-state index contributed by atoms with van der Waals surface area (Å²) in [6.45, 7) is 3.87. The zero-order chi connectivity index (χ0) is 16.6. The minimum absolute atomic E-state index is 0.0320. The van der Waals surface area contributed by atoms with E-state index in [2.05, 4.69) is 21.7 Å². The zero-order valence-electron chi connectivity index (χ0n) is 13.5. The fraction of sp³-hybridized carbons (Fsp3) is 0.389. The first kappa shape index (κ1) is 17.0. The van der Waals surface area contributed by atoms with Crippen LogP contribution in [0.4, 0.5) is 0 Å². The van der Waals surface area contributed by atoms with E-state index in [1.54, 1.807) is 11.3 Å². The molecule has 6 heteroatoms. The van der Waals surface area contributed by atoms with Crippen LogP contribution in [0.1, 0.15) is 10.9 Å². The molecule has 0 aliphatic carbocycles. The number of nitrogens with zero attached hydrogens (tertiary/aromatic N) is 1. The minimum atomic E-state index is -0.103. The fourth-order valence-electron chi connectivity index (χ4n) is 2.71. The monoisotopic (exact) mass is 346 g/mol. The van der Waals surface area contributed by atoms with Gasteiger partial charge in [-0.25, -0.2) is 0 Å². The molecular formula is C18H22N2O3S. The summed E-state index contributed by atoms with van der Waals surface area (Å²) in [5.41, 5.74) is 0. The average molecular weight is 346 g/mol. The molecule has 0 radical (unpaired) electrons. The summed E-state index contributed by atoms with van der Waals surface area (Å²) in [6, 6.07) is 13.7. The van der Waals surface area contributed by atoms with Gasteiger partial charge in [0.15, 0.2) is 6.61 Å². The number of benzene rings is 1. The van der Waals surface area contributed by atoms with Gasteiger partial charge in [-0.3, -0.25) is 9.69 Å². The van der Waals surface area contributed by atoms with E-state index in [9.17, 15) is 4.79 Å². The van der Waals surface area contributed by atoms with Crippen LogP contribution in [0.25, 0.3) is 0 Å².